The highest BCUT2D eigenvalue weighted by molar-refractivity contribution is 6.25. The number of amides is 1. The number of Topliss-reactive ketones (excluding diaryl/α,β-unsaturated/α-hetero) is 1. The van der Waals surface area contributed by atoms with E-state index in [0.717, 1.165) is 0 Å². The van der Waals surface area contributed by atoms with E-state index >= 15 is 0 Å². The first kappa shape index (κ1) is 18.4. The summed E-state index contributed by atoms with van der Waals surface area (Å²) >= 11 is 0. The maximum absolute atomic E-state index is 11.8. The average molecular weight is 296 g/mol. The van der Waals surface area contributed by atoms with Gasteiger partial charge in [0.1, 0.15) is 12.1 Å². The summed E-state index contributed by atoms with van der Waals surface area (Å²) in [5.41, 5.74) is 8.20. The largest absolute Gasteiger partial charge is 0.461 e. The standard InChI is InChI=1S/C12H16N4O5/c1-7(2)21-12(20)9(4-3-8(17)6-15-14)16-11(19)10(18)5-13/h6-7,9-10,18H,3-4H2,1-2H3,(H,16,19)/t9-,10?/m0/s1. The minimum Gasteiger partial charge on any atom is -0.461 e. The van der Waals surface area contributed by atoms with Crippen molar-refractivity contribution in [3.05, 3.63) is 5.53 Å². The Balaban J connectivity index is 4.80. The molecule has 9 heteroatoms. The number of nitrogens with zero attached hydrogens (tertiary/aromatic N) is 3. The number of aliphatic hydroxyl groups excluding tert-OH is 1. The van der Waals surface area contributed by atoms with Gasteiger partial charge in [0.05, 0.1) is 6.10 Å². The van der Waals surface area contributed by atoms with Crippen LogP contribution >= 0.6 is 0 Å². The van der Waals surface area contributed by atoms with Crippen molar-refractivity contribution < 1.29 is 29.0 Å². The van der Waals surface area contributed by atoms with Gasteiger partial charge >= 0.3 is 12.2 Å². The minimum absolute atomic E-state index is 0.125. The number of nitriles is 1. The van der Waals surface area contributed by atoms with E-state index in [-0.39, 0.29) is 12.8 Å². The van der Waals surface area contributed by atoms with Crippen LogP contribution in [0.25, 0.3) is 5.53 Å². The second-order valence-corrected chi connectivity index (χ2v) is 4.33. The fourth-order valence-corrected chi connectivity index (χ4v) is 1.29. The predicted octanol–water partition coefficient (Wildman–Crippen LogP) is -1.04. The SMILES string of the molecule is CC(C)OC(=O)[C@H](CCC(=O)C=[N+]=[N-])NC(=O)C(O)C#N. The van der Waals surface area contributed by atoms with Crippen LogP contribution in [0.4, 0.5) is 0 Å². The zero-order valence-corrected chi connectivity index (χ0v) is 11.6. The van der Waals surface area contributed by atoms with E-state index in [0.29, 0.717) is 6.21 Å². The quantitative estimate of drug-likeness (QED) is 0.192. The number of rotatable bonds is 8. The van der Waals surface area contributed by atoms with E-state index in [2.05, 4.69) is 10.1 Å². The first-order valence-corrected chi connectivity index (χ1v) is 6.10. The van der Waals surface area contributed by atoms with Crippen LogP contribution in [0.15, 0.2) is 0 Å². The average Bonchev–Trinajstić information content (AvgIpc) is 2.41. The van der Waals surface area contributed by atoms with Crippen molar-refractivity contribution in [1.82, 2.24) is 5.32 Å². The molecule has 0 heterocycles. The van der Waals surface area contributed by atoms with Gasteiger partial charge in [-0.05, 0) is 20.3 Å². The van der Waals surface area contributed by atoms with Crippen LogP contribution in [0.5, 0.6) is 0 Å². The number of hydrogen-bond acceptors (Lipinski definition) is 6. The monoisotopic (exact) mass is 296 g/mol. The molecule has 21 heavy (non-hydrogen) atoms. The highest BCUT2D eigenvalue weighted by Gasteiger charge is 2.26. The second-order valence-electron chi connectivity index (χ2n) is 4.33. The van der Waals surface area contributed by atoms with Crippen LogP contribution in [0.1, 0.15) is 26.7 Å². The number of aliphatic hydroxyl groups is 1. The summed E-state index contributed by atoms with van der Waals surface area (Å²) in [5.74, 6) is -2.42. The van der Waals surface area contributed by atoms with Crippen molar-refractivity contribution in [2.24, 2.45) is 0 Å². The summed E-state index contributed by atoms with van der Waals surface area (Å²) in [5, 5.41) is 19.6. The Hall–Kier alpha value is -2.56. The number of ketones is 1. The minimum atomic E-state index is -1.92. The van der Waals surface area contributed by atoms with Gasteiger partial charge in [-0.15, -0.1) is 0 Å². The first-order valence-electron chi connectivity index (χ1n) is 6.10. The molecule has 0 rings (SSSR count). The molecule has 2 atom stereocenters. The van der Waals surface area contributed by atoms with Gasteiger partial charge in [0.25, 0.3) is 5.91 Å². The van der Waals surface area contributed by atoms with Crippen molar-refractivity contribution >= 4 is 23.9 Å². The Morgan fingerprint density at radius 3 is 2.57 bits per heavy atom. The first-order chi connectivity index (χ1) is 9.81. The van der Waals surface area contributed by atoms with Gasteiger partial charge in [-0.1, -0.05) is 0 Å². The van der Waals surface area contributed by atoms with Gasteiger partial charge in [0, 0.05) is 6.42 Å². The third-order valence-electron chi connectivity index (χ3n) is 2.20. The summed E-state index contributed by atoms with van der Waals surface area (Å²) in [6.45, 7) is 3.20. The molecule has 0 aliphatic rings. The summed E-state index contributed by atoms with van der Waals surface area (Å²) in [6.07, 6.45) is -2.01. The van der Waals surface area contributed by atoms with Crippen LogP contribution in [-0.2, 0) is 19.1 Å². The lowest BCUT2D eigenvalue weighted by molar-refractivity contribution is -0.152. The summed E-state index contributed by atoms with van der Waals surface area (Å²) in [4.78, 5) is 36.9. The lowest BCUT2D eigenvalue weighted by atomic mass is 10.1. The molecule has 0 radical (unpaired) electrons. The second kappa shape index (κ2) is 9.36. The number of carbonyl (C=O) groups is 3. The molecule has 9 nitrogen and oxygen atoms in total. The third-order valence-corrected chi connectivity index (χ3v) is 2.20. The number of hydrogen-bond donors (Lipinski definition) is 2. The van der Waals surface area contributed by atoms with Crippen molar-refractivity contribution in [3.8, 4) is 6.07 Å². The molecule has 0 spiro atoms. The molecular formula is C12H16N4O5. The molecule has 0 saturated heterocycles. The summed E-state index contributed by atoms with van der Waals surface area (Å²) in [7, 11) is 0. The highest BCUT2D eigenvalue weighted by atomic mass is 16.5. The van der Waals surface area contributed by atoms with E-state index in [9.17, 15) is 14.4 Å². The van der Waals surface area contributed by atoms with Crippen LogP contribution in [0.2, 0.25) is 0 Å². The van der Waals surface area contributed by atoms with Crippen LogP contribution in [0.3, 0.4) is 0 Å². The molecular weight excluding hydrogens is 280 g/mol. The van der Waals surface area contributed by atoms with Gasteiger partial charge in [-0.3, -0.25) is 9.59 Å². The fourth-order valence-electron chi connectivity index (χ4n) is 1.29. The maximum atomic E-state index is 11.8. The number of carbonyl (C=O) groups excluding carboxylic acids is 3. The molecule has 0 bridgehead atoms. The Labute approximate surface area is 121 Å². The van der Waals surface area contributed by atoms with Gasteiger partial charge in [0.15, 0.2) is 0 Å². The molecule has 1 amide bonds. The fraction of sp³-hybridized carbons (Fsp3) is 0.583. The van der Waals surface area contributed by atoms with Gasteiger partial charge in [-0.2, -0.15) is 10.1 Å². The highest BCUT2D eigenvalue weighted by Crippen LogP contribution is 2.03. The van der Waals surface area contributed by atoms with E-state index in [1.54, 1.807) is 13.8 Å². The number of esters is 1. The molecule has 0 aromatic heterocycles. The third kappa shape index (κ3) is 7.57. The zero-order chi connectivity index (χ0) is 16.4. The van der Waals surface area contributed by atoms with Crippen molar-refractivity contribution in [1.29, 1.82) is 5.26 Å². The van der Waals surface area contributed by atoms with E-state index in [1.807, 2.05) is 0 Å². The lowest BCUT2D eigenvalue weighted by Gasteiger charge is -2.18. The molecule has 0 aromatic carbocycles. The predicted molar refractivity (Wildman–Crippen MR) is 68.7 cm³/mol. The lowest BCUT2D eigenvalue weighted by Crippen LogP contribution is -2.46. The Kier molecular flexibility index (Phi) is 8.22. The Morgan fingerprint density at radius 1 is 1.48 bits per heavy atom. The molecule has 0 saturated carbocycles. The molecule has 0 fully saturated rings. The smallest absolute Gasteiger partial charge is 0.328 e. The normalized spacial score (nSPS) is 12.5. The van der Waals surface area contributed by atoms with Crippen molar-refractivity contribution in [3.63, 3.8) is 0 Å². The van der Waals surface area contributed by atoms with Crippen molar-refractivity contribution in [2.45, 2.75) is 44.9 Å². The van der Waals surface area contributed by atoms with Crippen molar-refractivity contribution in [2.75, 3.05) is 0 Å². The Bertz CT molecular complexity index is 490. The molecule has 114 valence electrons. The molecule has 1 unspecified atom stereocenters. The molecule has 0 aliphatic carbocycles. The maximum Gasteiger partial charge on any atom is 0.328 e. The summed E-state index contributed by atoms with van der Waals surface area (Å²) in [6, 6.07) is 0.110. The van der Waals surface area contributed by atoms with Gasteiger partial charge in [0.2, 0.25) is 11.9 Å². The number of ether oxygens (including phenoxy) is 1. The van der Waals surface area contributed by atoms with Crippen LogP contribution in [0, 0.1) is 11.3 Å². The van der Waals surface area contributed by atoms with Gasteiger partial charge in [-0.25, -0.2) is 4.79 Å². The number of nitrogens with one attached hydrogen (secondary N) is 1. The molecule has 0 aromatic rings. The Morgan fingerprint density at radius 2 is 2.10 bits per heavy atom. The zero-order valence-electron chi connectivity index (χ0n) is 11.6. The van der Waals surface area contributed by atoms with E-state index in [4.69, 9.17) is 20.6 Å². The van der Waals surface area contributed by atoms with E-state index in [1.165, 1.54) is 6.07 Å². The van der Waals surface area contributed by atoms with Crippen LogP contribution in [-0.4, -0.2) is 52.0 Å². The van der Waals surface area contributed by atoms with E-state index < -0.39 is 35.9 Å². The topological polar surface area (TPSA) is 153 Å². The molecule has 0 aliphatic heterocycles. The van der Waals surface area contributed by atoms with Gasteiger partial charge < -0.3 is 20.7 Å². The van der Waals surface area contributed by atoms with Crippen LogP contribution < -0.4 is 5.32 Å². The molecule has 2 N–H and O–H groups in total. The summed E-state index contributed by atoms with van der Waals surface area (Å²) < 4.78 is 4.91.